The smallest absolute Gasteiger partial charge is 0.337 e. The standard InChI is InChI=1S/C34H28N4O5S/c1-41-33(40)23-9-7-8-22(20-23)28-17-18-29(43-28)32-31(27-12-5-6-19-35-27)37-34(44)38(32)25-15-13-24(14-16-25)36-30(39)21-42-26-10-3-2-4-11-26/h2-20,31-32H,21H2,1H3,(H,36,39)(H,37,44)/t31-,32-/m1/s1. The highest BCUT2D eigenvalue weighted by atomic mass is 32.1. The number of anilines is 2. The van der Waals surface area contributed by atoms with Gasteiger partial charge in [0.1, 0.15) is 23.3 Å². The first-order valence-electron chi connectivity index (χ1n) is 13.9. The van der Waals surface area contributed by atoms with Crippen LogP contribution in [0.1, 0.15) is 33.9 Å². The highest BCUT2D eigenvalue weighted by molar-refractivity contribution is 7.80. The number of pyridine rings is 1. The number of para-hydroxylation sites is 1. The summed E-state index contributed by atoms with van der Waals surface area (Å²) in [6.07, 6.45) is 1.74. The van der Waals surface area contributed by atoms with Crippen LogP contribution >= 0.6 is 12.2 Å². The first-order valence-corrected chi connectivity index (χ1v) is 14.3. The molecular formula is C34H28N4O5S. The molecule has 220 valence electrons. The molecule has 5 aromatic rings. The summed E-state index contributed by atoms with van der Waals surface area (Å²) in [5.41, 5.74) is 3.39. The van der Waals surface area contributed by atoms with Crippen LogP contribution in [-0.4, -0.2) is 35.7 Å². The number of hydrogen-bond donors (Lipinski definition) is 2. The summed E-state index contributed by atoms with van der Waals surface area (Å²) >= 11 is 5.83. The summed E-state index contributed by atoms with van der Waals surface area (Å²) in [4.78, 5) is 31.2. The number of nitrogens with zero attached hydrogens (tertiary/aromatic N) is 2. The summed E-state index contributed by atoms with van der Waals surface area (Å²) in [5.74, 6) is 1.18. The number of thiocarbonyl (C=S) groups is 1. The number of furan rings is 1. The van der Waals surface area contributed by atoms with Crippen LogP contribution < -0.4 is 20.3 Å². The van der Waals surface area contributed by atoms with Crippen LogP contribution in [0.15, 0.2) is 120 Å². The monoisotopic (exact) mass is 604 g/mol. The van der Waals surface area contributed by atoms with E-state index in [2.05, 4.69) is 15.6 Å². The van der Waals surface area contributed by atoms with Crippen molar-refractivity contribution < 1.29 is 23.5 Å². The predicted molar refractivity (Wildman–Crippen MR) is 170 cm³/mol. The van der Waals surface area contributed by atoms with Gasteiger partial charge in [0.25, 0.3) is 5.91 Å². The molecule has 0 aliphatic carbocycles. The highest BCUT2D eigenvalue weighted by Crippen LogP contribution is 2.43. The van der Waals surface area contributed by atoms with Crippen molar-refractivity contribution in [1.82, 2.24) is 10.3 Å². The number of hydrogen-bond acceptors (Lipinski definition) is 7. The maximum Gasteiger partial charge on any atom is 0.337 e. The van der Waals surface area contributed by atoms with Crippen LogP contribution in [-0.2, 0) is 9.53 Å². The Morgan fingerprint density at radius 2 is 1.75 bits per heavy atom. The van der Waals surface area contributed by atoms with Gasteiger partial charge in [-0.3, -0.25) is 9.78 Å². The molecule has 1 fully saturated rings. The number of rotatable bonds is 9. The zero-order valence-electron chi connectivity index (χ0n) is 23.7. The van der Waals surface area contributed by atoms with Crippen molar-refractivity contribution in [1.29, 1.82) is 0 Å². The van der Waals surface area contributed by atoms with E-state index in [4.69, 9.17) is 26.1 Å². The van der Waals surface area contributed by atoms with Gasteiger partial charge in [0, 0.05) is 23.1 Å². The van der Waals surface area contributed by atoms with E-state index in [1.54, 1.807) is 36.5 Å². The Hall–Kier alpha value is -5.48. The van der Waals surface area contributed by atoms with Crippen LogP contribution in [0, 0.1) is 0 Å². The van der Waals surface area contributed by atoms with Gasteiger partial charge in [0.05, 0.1) is 24.4 Å². The molecule has 3 heterocycles. The van der Waals surface area contributed by atoms with E-state index in [0.29, 0.717) is 33.6 Å². The van der Waals surface area contributed by atoms with Gasteiger partial charge in [-0.25, -0.2) is 4.79 Å². The van der Waals surface area contributed by atoms with E-state index < -0.39 is 5.97 Å². The summed E-state index contributed by atoms with van der Waals surface area (Å²) in [6.45, 7) is -0.108. The second kappa shape index (κ2) is 12.8. The summed E-state index contributed by atoms with van der Waals surface area (Å²) in [7, 11) is 1.35. The largest absolute Gasteiger partial charge is 0.484 e. The van der Waals surface area contributed by atoms with E-state index in [1.807, 2.05) is 83.8 Å². The fourth-order valence-corrected chi connectivity index (χ4v) is 5.42. The summed E-state index contributed by atoms with van der Waals surface area (Å²) < 4.78 is 16.8. The number of methoxy groups -OCH3 is 1. The van der Waals surface area contributed by atoms with Gasteiger partial charge in [-0.1, -0.05) is 36.4 Å². The average Bonchev–Trinajstić information content (AvgIpc) is 3.69. The molecule has 6 rings (SSSR count). The zero-order valence-corrected chi connectivity index (χ0v) is 24.5. The van der Waals surface area contributed by atoms with Gasteiger partial charge in [-0.15, -0.1) is 0 Å². The van der Waals surface area contributed by atoms with Crippen LogP contribution in [0.2, 0.25) is 0 Å². The third-order valence-corrected chi connectivity index (χ3v) is 7.44. The van der Waals surface area contributed by atoms with Gasteiger partial charge >= 0.3 is 5.97 Å². The van der Waals surface area contributed by atoms with E-state index in [0.717, 1.165) is 16.9 Å². The van der Waals surface area contributed by atoms with Crippen molar-refractivity contribution in [2.24, 2.45) is 0 Å². The van der Waals surface area contributed by atoms with Gasteiger partial charge in [0.15, 0.2) is 11.7 Å². The van der Waals surface area contributed by atoms with Gasteiger partial charge in [0.2, 0.25) is 0 Å². The molecule has 44 heavy (non-hydrogen) atoms. The second-order valence-corrected chi connectivity index (χ2v) is 10.4. The number of carbonyl (C=O) groups excluding carboxylic acids is 2. The summed E-state index contributed by atoms with van der Waals surface area (Å²) in [5, 5.41) is 6.78. The number of benzene rings is 3. The molecule has 0 spiro atoms. The second-order valence-electron chi connectivity index (χ2n) is 9.97. The molecule has 3 aromatic carbocycles. The molecule has 2 aromatic heterocycles. The topological polar surface area (TPSA) is 106 Å². The highest BCUT2D eigenvalue weighted by Gasteiger charge is 2.42. The minimum Gasteiger partial charge on any atom is -0.484 e. The van der Waals surface area contributed by atoms with Crippen molar-refractivity contribution in [3.05, 3.63) is 132 Å². The quantitative estimate of drug-likeness (QED) is 0.148. The van der Waals surface area contributed by atoms with E-state index in [-0.39, 0.29) is 24.6 Å². The fourth-order valence-electron chi connectivity index (χ4n) is 5.07. The molecule has 0 bridgehead atoms. The maximum absolute atomic E-state index is 12.5. The maximum atomic E-state index is 12.5. The van der Waals surface area contributed by atoms with Gasteiger partial charge in [-0.2, -0.15) is 0 Å². The number of carbonyl (C=O) groups is 2. The van der Waals surface area contributed by atoms with Crippen molar-refractivity contribution in [2.45, 2.75) is 12.1 Å². The number of amides is 1. The molecule has 0 saturated carbocycles. The van der Waals surface area contributed by atoms with E-state index >= 15 is 0 Å². The number of ether oxygens (including phenoxy) is 2. The molecule has 1 aliphatic rings. The lowest BCUT2D eigenvalue weighted by Gasteiger charge is -2.26. The third kappa shape index (κ3) is 6.16. The van der Waals surface area contributed by atoms with Crippen molar-refractivity contribution >= 4 is 40.6 Å². The Bertz CT molecular complexity index is 1780. The minimum atomic E-state index is -0.422. The normalized spacial score (nSPS) is 15.8. The molecule has 1 saturated heterocycles. The predicted octanol–water partition coefficient (Wildman–Crippen LogP) is 6.32. The minimum absolute atomic E-state index is 0.108. The Balaban J connectivity index is 1.26. The lowest BCUT2D eigenvalue weighted by atomic mass is 10.0. The molecule has 1 amide bonds. The first-order chi connectivity index (χ1) is 21.5. The van der Waals surface area contributed by atoms with Crippen molar-refractivity contribution in [2.75, 3.05) is 23.9 Å². The third-order valence-electron chi connectivity index (χ3n) is 7.13. The lowest BCUT2D eigenvalue weighted by molar-refractivity contribution is -0.118. The molecule has 0 unspecified atom stereocenters. The zero-order chi connectivity index (χ0) is 30.5. The average molecular weight is 605 g/mol. The lowest BCUT2D eigenvalue weighted by Crippen LogP contribution is -2.29. The number of nitrogens with one attached hydrogen (secondary N) is 2. The van der Waals surface area contributed by atoms with Crippen molar-refractivity contribution in [3.8, 4) is 17.1 Å². The van der Waals surface area contributed by atoms with E-state index in [9.17, 15) is 9.59 Å². The molecular weight excluding hydrogens is 576 g/mol. The van der Waals surface area contributed by atoms with Crippen molar-refractivity contribution in [3.63, 3.8) is 0 Å². The van der Waals surface area contributed by atoms with Crippen LogP contribution in [0.3, 0.4) is 0 Å². The number of esters is 1. The van der Waals surface area contributed by atoms with E-state index in [1.165, 1.54) is 7.11 Å². The molecule has 0 radical (unpaired) electrons. The van der Waals surface area contributed by atoms with Crippen LogP contribution in [0.5, 0.6) is 5.75 Å². The number of aromatic nitrogens is 1. The van der Waals surface area contributed by atoms with Crippen LogP contribution in [0.25, 0.3) is 11.3 Å². The Morgan fingerprint density at radius 1 is 0.955 bits per heavy atom. The molecule has 1 aliphatic heterocycles. The Labute approximate surface area is 259 Å². The molecule has 9 nitrogen and oxygen atoms in total. The first kappa shape index (κ1) is 28.6. The SMILES string of the molecule is COC(=O)c1cccc(-c2ccc([C@@H]3[C@@H](c4ccccn4)NC(=S)N3c3ccc(NC(=O)COc4ccccc4)cc3)o2)c1. The molecule has 10 heteroatoms. The Kier molecular flexibility index (Phi) is 8.33. The fraction of sp³-hybridized carbons (Fsp3) is 0.118. The molecule has 2 atom stereocenters. The van der Waals surface area contributed by atoms with Gasteiger partial charge in [-0.05, 0) is 85.0 Å². The summed E-state index contributed by atoms with van der Waals surface area (Å²) in [6, 6.07) is 32.5. The Morgan fingerprint density at radius 3 is 2.50 bits per heavy atom. The van der Waals surface area contributed by atoms with Gasteiger partial charge < -0.3 is 29.4 Å². The molecule has 2 N–H and O–H groups in total. The van der Waals surface area contributed by atoms with Crippen LogP contribution in [0.4, 0.5) is 11.4 Å².